The molecule has 4 heterocycles. The molecule has 0 unspecified atom stereocenters. The van der Waals surface area contributed by atoms with E-state index in [1.807, 2.05) is 48.5 Å². The number of amides is 8. The highest BCUT2D eigenvalue weighted by Gasteiger charge is 2.40. The number of hydrogen-bond donors (Lipinski definition) is 0. The first-order valence-electron chi connectivity index (χ1n) is 28.4. The summed E-state index contributed by atoms with van der Waals surface area (Å²) in [6.07, 6.45) is 0.604. The van der Waals surface area contributed by atoms with Gasteiger partial charge in [-0.05, 0) is 175 Å². The van der Waals surface area contributed by atoms with Crippen LogP contribution < -0.4 is 9.80 Å². The molecule has 8 amide bonds. The van der Waals surface area contributed by atoms with Gasteiger partial charge in [0.25, 0.3) is 47.3 Å². The van der Waals surface area contributed by atoms with Crippen LogP contribution in [0.2, 0.25) is 0 Å². The molecule has 0 radical (unpaired) electrons. The highest BCUT2D eigenvalue weighted by molar-refractivity contribution is 7.94. The second-order valence-electron chi connectivity index (χ2n) is 22.4. The van der Waals surface area contributed by atoms with E-state index in [1.165, 1.54) is 58.3 Å². The molecule has 16 rings (SSSR count). The Morgan fingerprint density at radius 3 is 0.753 bits per heavy atom. The first-order valence-corrected chi connectivity index (χ1v) is 31.5. The quantitative estimate of drug-likeness (QED) is 0.0428. The van der Waals surface area contributed by atoms with Crippen molar-refractivity contribution in [2.24, 2.45) is 0 Å². The van der Waals surface area contributed by atoms with Crippen molar-refractivity contribution in [3.63, 3.8) is 0 Å². The molecule has 0 spiro atoms. The Morgan fingerprint density at radius 2 is 0.528 bits per heavy atom. The molecule has 0 atom stereocenters. The van der Waals surface area contributed by atoms with E-state index in [1.54, 1.807) is 48.5 Å². The number of hydrogen-bond acceptors (Lipinski definition) is 13. The van der Waals surface area contributed by atoms with Crippen molar-refractivity contribution >= 4 is 164 Å². The van der Waals surface area contributed by atoms with E-state index < -0.39 is 66.9 Å². The fourth-order valence-electron chi connectivity index (χ4n) is 14.0. The van der Waals surface area contributed by atoms with Crippen LogP contribution in [0.5, 0.6) is 0 Å². The average Bonchev–Trinajstić information content (AvgIpc) is 0.704. The van der Waals surface area contributed by atoms with Crippen LogP contribution in [0.1, 0.15) is 95.7 Å². The SMILES string of the molecule is C=CS(=O)(=O)c1ccc(N2C(=O)c3ccc4c5ccc6c7c(ccc(c8ccc(c3c48)C2=O)c75)C(=O)N(CCCOCCCN2C(=O)c3ccc4c5ccc7c8c(ccc(c9ccc(c3c49)C2=O)c85)C(=O)N(c2ccc(S(=O)(=O)C=C)cc2)C7=O)C6=O)cc1. The van der Waals surface area contributed by atoms with Crippen LogP contribution in [0, 0.1) is 0 Å². The normalized spacial score (nSPS) is 15.2. The molecular formula is C70H42N4O13S2. The molecular weight excluding hydrogens is 1170 g/mol. The van der Waals surface area contributed by atoms with Crippen LogP contribution in [-0.2, 0) is 24.4 Å². The van der Waals surface area contributed by atoms with E-state index in [0.717, 1.165) is 63.7 Å². The van der Waals surface area contributed by atoms with Gasteiger partial charge >= 0.3 is 0 Å². The lowest BCUT2D eigenvalue weighted by Crippen LogP contribution is -2.41. The van der Waals surface area contributed by atoms with Gasteiger partial charge in [0.1, 0.15) is 0 Å². The zero-order valence-electron chi connectivity index (χ0n) is 46.6. The molecule has 0 fully saturated rings. The minimum Gasteiger partial charge on any atom is -0.381 e. The fraction of sp³-hybridized carbons (Fsp3) is 0.0857. The summed E-state index contributed by atoms with van der Waals surface area (Å²) in [5.74, 6) is -4.16. The van der Waals surface area contributed by atoms with Crippen LogP contribution in [0.15, 0.2) is 179 Å². The Balaban J connectivity index is 0.603. The molecule has 17 nitrogen and oxygen atoms in total. The van der Waals surface area contributed by atoms with Crippen LogP contribution in [0.4, 0.5) is 11.4 Å². The summed E-state index contributed by atoms with van der Waals surface area (Å²) in [5, 5.41) is 12.2. The van der Waals surface area contributed by atoms with E-state index >= 15 is 0 Å². The van der Waals surface area contributed by atoms with Crippen molar-refractivity contribution in [2.45, 2.75) is 22.6 Å². The van der Waals surface area contributed by atoms with Crippen molar-refractivity contribution in [1.29, 1.82) is 0 Å². The highest BCUT2D eigenvalue weighted by atomic mass is 32.2. The first-order chi connectivity index (χ1) is 42.9. The molecule has 12 aromatic carbocycles. The van der Waals surface area contributed by atoms with Gasteiger partial charge in [0.05, 0.1) is 21.2 Å². The smallest absolute Gasteiger partial charge is 0.265 e. The number of rotatable bonds is 14. The average molecular weight is 1210 g/mol. The number of sulfone groups is 2. The van der Waals surface area contributed by atoms with Gasteiger partial charge in [0.15, 0.2) is 19.7 Å². The Hall–Kier alpha value is -10.9. The third-order valence-corrected chi connectivity index (χ3v) is 20.8. The molecule has 432 valence electrons. The maximum absolute atomic E-state index is 14.3. The molecule has 0 aliphatic carbocycles. The predicted octanol–water partition coefficient (Wildman–Crippen LogP) is 11.9. The molecule has 0 saturated carbocycles. The molecule has 19 heteroatoms. The maximum Gasteiger partial charge on any atom is 0.265 e. The molecule has 0 aromatic heterocycles. The van der Waals surface area contributed by atoms with Crippen molar-refractivity contribution in [3.8, 4) is 0 Å². The molecule has 0 saturated heterocycles. The van der Waals surface area contributed by atoms with Gasteiger partial charge in [-0.2, -0.15) is 0 Å². The van der Waals surface area contributed by atoms with Gasteiger partial charge in [0, 0.05) is 103 Å². The minimum absolute atomic E-state index is 0.0316. The molecule has 0 bridgehead atoms. The number of fused-ring (bicyclic) bond motifs is 4. The number of carbonyl (C=O) groups is 8. The number of carbonyl (C=O) groups excluding carboxylic acids is 8. The molecule has 0 N–H and O–H groups in total. The van der Waals surface area contributed by atoms with Gasteiger partial charge < -0.3 is 4.74 Å². The topological polar surface area (TPSA) is 227 Å². The maximum atomic E-state index is 14.3. The van der Waals surface area contributed by atoms with Crippen molar-refractivity contribution in [2.75, 3.05) is 36.1 Å². The largest absolute Gasteiger partial charge is 0.381 e. The highest BCUT2D eigenvalue weighted by Crippen LogP contribution is 2.49. The number of benzene rings is 12. The summed E-state index contributed by atoms with van der Waals surface area (Å²) in [6, 6.07) is 38.9. The number of ether oxygens (including phenoxy) is 1. The Labute approximate surface area is 504 Å². The monoisotopic (exact) mass is 1210 g/mol. The fourth-order valence-corrected chi connectivity index (χ4v) is 15.4. The van der Waals surface area contributed by atoms with Gasteiger partial charge in [-0.25, -0.2) is 26.6 Å². The van der Waals surface area contributed by atoms with Gasteiger partial charge in [0.2, 0.25) is 0 Å². The summed E-state index contributed by atoms with van der Waals surface area (Å²) < 4.78 is 55.6. The Kier molecular flexibility index (Phi) is 11.3. The second-order valence-corrected chi connectivity index (χ2v) is 26.2. The summed E-state index contributed by atoms with van der Waals surface area (Å²) >= 11 is 0. The third kappa shape index (κ3) is 7.25. The van der Waals surface area contributed by atoms with E-state index in [-0.39, 0.29) is 69.7 Å². The lowest BCUT2D eigenvalue weighted by Gasteiger charge is -2.30. The molecule has 4 aliphatic heterocycles. The van der Waals surface area contributed by atoms with Crippen LogP contribution in [0.25, 0.3) is 86.2 Å². The van der Waals surface area contributed by atoms with Crippen LogP contribution in [0.3, 0.4) is 0 Å². The van der Waals surface area contributed by atoms with Gasteiger partial charge in [-0.3, -0.25) is 48.2 Å². The van der Waals surface area contributed by atoms with Crippen molar-refractivity contribution in [1.82, 2.24) is 9.80 Å². The molecule has 4 aliphatic rings. The Bertz CT molecular complexity index is 5090. The van der Waals surface area contributed by atoms with E-state index in [9.17, 15) is 55.2 Å². The zero-order chi connectivity index (χ0) is 61.4. The van der Waals surface area contributed by atoms with Gasteiger partial charge in [-0.15, -0.1) is 0 Å². The summed E-state index contributed by atoms with van der Waals surface area (Å²) in [4.78, 5) is 119. The van der Waals surface area contributed by atoms with Crippen molar-refractivity contribution in [3.05, 3.63) is 214 Å². The third-order valence-electron chi connectivity index (χ3n) is 18.1. The number of imide groups is 4. The van der Waals surface area contributed by atoms with E-state index in [0.29, 0.717) is 78.2 Å². The summed E-state index contributed by atoms with van der Waals surface area (Å²) in [7, 11) is -7.50. The minimum atomic E-state index is -3.75. The first kappa shape index (κ1) is 53.6. The Morgan fingerprint density at radius 1 is 0.303 bits per heavy atom. The number of nitrogens with zero attached hydrogens (tertiary/aromatic N) is 4. The summed E-state index contributed by atoms with van der Waals surface area (Å²) in [5.41, 5.74) is 2.93. The predicted molar refractivity (Wildman–Crippen MR) is 336 cm³/mol. The van der Waals surface area contributed by atoms with Crippen LogP contribution in [-0.4, -0.2) is 100 Å². The van der Waals surface area contributed by atoms with Gasteiger partial charge in [-0.1, -0.05) is 61.7 Å². The van der Waals surface area contributed by atoms with E-state index in [4.69, 9.17) is 4.74 Å². The standard InChI is InChI=1S/C70H42N4O13S2/c1-3-88(83,84)37-11-7-35(8-12-37)73-67(79)51-27-19-43-39-15-23-47-59-48(24-16-40(55(39)59)44-20-28-52(68(73)80)61(51)57(43)44)64(76)71(63(47)75)31-5-33-87-34-6-32-72-65(77)49-25-17-41-45-21-29-53-62-54(30-22-46(58(45)62)42-18-26-50(66(72)78)60(49)56(41)42)70(82)74(69(53)81)36-9-13-38(14-10-36)89(85,86)4-2/h3-4,7-30H,1-2,5-6,31-34H2. The lowest BCUT2D eigenvalue weighted by molar-refractivity contribution is 0.0567. The zero-order valence-corrected chi connectivity index (χ0v) is 48.2. The van der Waals surface area contributed by atoms with Crippen LogP contribution >= 0.6 is 0 Å². The second kappa shape index (κ2) is 18.8. The lowest BCUT2D eigenvalue weighted by atomic mass is 9.82. The summed E-state index contributed by atoms with van der Waals surface area (Å²) in [6.45, 7) is 7.18. The molecule has 12 aromatic rings. The number of anilines is 2. The van der Waals surface area contributed by atoms with E-state index in [2.05, 4.69) is 13.2 Å². The van der Waals surface area contributed by atoms with Crippen molar-refractivity contribution < 1.29 is 59.9 Å². The molecule has 89 heavy (non-hydrogen) atoms.